The smallest absolute Gasteiger partial charge is 0.303 e. The van der Waals surface area contributed by atoms with Crippen molar-refractivity contribution in [3.8, 4) is 16.9 Å². The van der Waals surface area contributed by atoms with E-state index in [2.05, 4.69) is 4.98 Å². The maximum absolute atomic E-state index is 14.0. The molecule has 0 saturated carbocycles. The lowest BCUT2D eigenvalue weighted by Gasteiger charge is -2.39. The zero-order chi connectivity index (χ0) is 24.1. The van der Waals surface area contributed by atoms with Gasteiger partial charge in [0, 0.05) is 38.3 Å². The normalized spacial score (nSPS) is 22.2. The van der Waals surface area contributed by atoms with Crippen molar-refractivity contribution in [2.75, 3.05) is 5.75 Å². The second-order valence-corrected chi connectivity index (χ2v) is 8.62. The molecule has 0 spiro atoms. The Hall–Kier alpha value is -3.14. The van der Waals surface area contributed by atoms with Gasteiger partial charge in [0.2, 0.25) is 0 Å². The first-order chi connectivity index (χ1) is 15.6. The van der Waals surface area contributed by atoms with Crippen LogP contribution in [0, 0.1) is 12.7 Å². The van der Waals surface area contributed by atoms with E-state index in [0.29, 0.717) is 22.4 Å². The largest absolute Gasteiger partial charge is 0.474 e. The second-order valence-electron chi connectivity index (χ2n) is 7.49. The summed E-state index contributed by atoms with van der Waals surface area (Å²) in [7, 11) is 0. The van der Waals surface area contributed by atoms with Crippen LogP contribution in [0.2, 0.25) is 0 Å². The SMILES string of the molecule is CC(=O)O[C@@H]1[C@@H](OC(C)=O)[C@@H](Oc2cncc(-c3ccc(C)c(F)c3)c2)SC[C@H]1OC(C)=O. The highest BCUT2D eigenvalue weighted by Gasteiger charge is 2.47. The number of hydrogen-bond donors (Lipinski definition) is 0. The lowest BCUT2D eigenvalue weighted by molar-refractivity contribution is -0.186. The number of halogens is 1. The highest BCUT2D eigenvalue weighted by Crippen LogP contribution is 2.35. The molecule has 1 aliphatic heterocycles. The van der Waals surface area contributed by atoms with Crippen LogP contribution in [0.25, 0.3) is 11.1 Å². The molecule has 0 radical (unpaired) electrons. The van der Waals surface area contributed by atoms with Crippen LogP contribution in [-0.4, -0.2) is 52.4 Å². The number of carbonyl (C=O) groups is 3. The lowest BCUT2D eigenvalue weighted by Crippen LogP contribution is -2.55. The Morgan fingerprint density at radius 2 is 1.61 bits per heavy atom. The molecule has 0 amide bonds. The fourth-order valence-corrected chi connectivity index (χ4v) is 4.57. The van der Waals surface area contributed by atoms with Crippen LogP contribution in [0.1, 0.15) is 26.3 Å². The van der Waals surface area contributed by atoms with Crippen molar-refractivity contribution < 1.29 is 37.7 Å². The summed E-state index contributed by atoms with van der Waals surface area (Å²) in [6, 6.07) is 6.54. The van der Waals surface area contributed by atoms with Crippen LogP contribution in [0.3, 0.4) is 0 Å². The van der Waals surface area contributed by atoms with Gasteiger partial charge in [0.25, 0.3) is 0 Å². The van der Waals surface area contributed by atoms with Gasteiger partial charge in [-0.25, -0.2) is 4.39 Å². The number of thioether (sulfide) groups is 1. The van der Waals surface area contributed by atoms with Gasteiger partial charge in [-0.05, 0) is 30.2 Å². The predicted molar refractivity (Wildman–Crippen MR) is 118 cm³/mol. The molecule has 1 aromatic carbocycles. The average molecular weight is 478 g/mol. The Morgan fingerprint density at radius 3 is 2.24 bits per heavy atom. The lowest BCUT2D eigenvalue weighted by atomic mass is 10.1. The first-order valence-corrected chi connectivity index (χ1v) is 11.2. The molecule has 1 aromatic heterocycles. The molecular formula is C23H24FNO7S. The molecule has 3 rings (SSSR count). The zero-order valence-electron chi connectivity index (χ0n) is 18.6. The van der Waals surface area contributed by atoms with E-state index in [1.807, 2.05) is 0 Å². The Morgan fingerprint density at radius 1 is 0.939 bits per heavy atom. The molecule has 1 fully saturated rings. The minimum absolute atomic E-state index is 0.246. The molecule has 2 heterocycles. The van der Waals surface area contributed by atoms with E-state index in [1.165, 1.54) is 44.8 Å². The van der Waals surface area contributed by atoms with Crippen LogP contribution < -0.4 is 4.74 Å². The molecule has 0 unspecified atom stereocenters. The molecule has 1 aliphatic rings. The van der Waals surface area contributed by atoms with Crippen molar-refractivity contribution in [1.82, 2.24) is 4.98 Å². The van der Waals surface area contributed by atoms with E-state index >= 15 is 0 Å². The third-order valence-corrected chi connectivity index (χ3v) is 5.99. The summed E-state index contributed by atoms with van der Waals surface area (Å²) < 4.78 is 36.1. The number of hydrogen-bond acceptors (Lipinski definition) is 9. The summed E-state index contributed by atoms with van der Waals surface area (Å²) in [6.45, 7) is 5.34. The van der Waals surface area contributed by atoms with Crippen LogP contribution in [0.4, 0.5) is 4.39 Å². The summed E-state index contributed by atoms with van der Waals surface area (Å²) in [4.78, 5) is 39.2. The number of esters is 3. The van der Waals surface area contributed by atoms with Crippen molar-refractivity contribution in [2.24, 2.45) is 0 Å². The molecule has 0 bridgehead atoms. The highest BCUT2D eigenvalue weighted by molar-refractivity contribution is 7.99. The molecule has 2 aromatic rings. The predicted octanol–water partition coefficient (Wildman–Crippen LogP) is 3.44. The summed E-state index contributed by atoms with van der Waals surface area (Å²) in [5, 5.41) is 0. The van der Waals surface area contributed by atoms with E-state index in [-0.39, 0.29) is 11.6 Å². The Bertz CT molecular complexity index is 1050. The van der Waals surface area contributed by atoms with Crippen molar-refractivity contribution in [3.63, 3.8) is 0 Å². The van der Waals surface area contributed by atoms with E-state index in [4.69, 9.17) is 18.9 Å². The first kappa shape index (κ1) is 24.5. The van der Waals surface area contributed by atoms with E-state index in [1.54, 1.807) is 31.3 Å². The van der Waals surface area contributed by atoms with Gasteiger partial charge in [-0.15, -0.1) is 11.8 Å². The Balaban J connectivity index is 1.87. The number of carbonyl (C=O) groups excluding carboxylic acids is 3. The molecule has 0 N–H and O–H groups in total. The van der Waals surface area contributed by atoms with E-state index in [9.17, 15) is 18.8 Å². The quantitative estimate of drug-likeness (QED) is 0.457. The third-order valence-electron chi connectivity index (χ3n) is 4.78. The number of aryl methyl sites for hydroxylation is 1. The summed E-state index contributed by atoms with van der Waals surface area (Å²) in [5.74, 6) is -1.54. The molecule has 8 nitrogen and oxygen atoms in total. The van der Waals surface area contributed by atoms with Gasteiger partial charge in [0.1, 0.15) is 11.6 Å². The van der Waals surface area contributed by atoms with Gasteiger partial charge < -0.3 is 18.9 Å². The van der Waals surface area contributed by atoms with Crippen LogP contribution >= 0.6 is 11.8 Å². The van der Waals surface area contributed by atoms with Crippen molar-refractivity contribution in [3.05, 3.63) is 48.0 Å². The Labute approximate surface area is 194 Å². The molecule has 4 atom stereocenters. The zero-order valence-corrected chi connectivity index (χ0v) is 19.4. The maximum Gasteiger partial charge on any atom is 0.303 e. The number of pyridine rings is 1. The van der Waals surface area contributed by atoms with Crippen LogP contribution in [0.5, 0.6) is 5.75 Å². The van der Waals surface area contributed by atoms with Gasteiger partial charge >= 0.3 is 17.9 Å². The van der Waals surface area contributed by atoms with Gasteiger partial charge in [0.05, 0.1) is 6.20 Å². The first-order valence-electron chi connectivity index (χ1n) is 10.2. The number of nitrogens with zero attached hydrogens (tertiary/aromatic N) is 1. The summed E-state index contributed by atoms with van der Waals surface area (Å²) >= 11 is 1.24. The fraction of sp³-hybridized carbons (Fsp3) is 0.391. The molecule has 33 heavy (non-hydrogen) atoms. The monoisotopic (exact) mass is 477 g/mol. The standard InChI is InChI=1S/C23H24FNO7S/c1-12-5-6-16(8-19(12)24)17-7-18(10-25-9-17)32-23-22(31-15(4)28)21(30-14(3)27)20(11-33-23)29-13(2)26/h5-10,20-23H,11H2,1-4H3/t20-,21+,22-,23+/m1/s1. The second kappa shape index (κ2) is 10.7. The average Bonchev–Trinajstić information content (AvgIpc) is 2.73. The minimum Gasteiger partial charge on any atom is -0.474 e. The number of aromatic nitrogens is 1. The number of benzene rings is 1. The summed E-state index contributed by atoms with van der Waals surface area (Å²) in [6.07, 6.45) is 0.130. The summed E-state index contributed by atoms with van der Waals surface area (Å²) in [5.41, 5.74) is 1.000. The Kier molecular flexibility index (Phi) is 7.91. The van der Waals surface area contributed by atoms with Crippen molar-refractivity contribution in [1.29, 1.82) is 0 Å². The van der Waals surface area contributed by atoms with Gasteiger partial charge in [-0.1, -0.05) is 12.1 Å². The fourth-order valence-electron chi connectivity index (χ4n) is 3.36. The van der Waals surface area contributed by atoms with Crippen LogP contribution in [-0.2, 0) is 28.6 Å². The van der Waals surface area contributed by atoms with E-state index in [0.717, 1.165) is 0 Å². The van der Waals surface area contributed by atoms with E-state index < -0.39 is 41.7 Å². The van der Waals surface area contributed by atoms with Gasteiger partial charge in [-0.2, -0.15) is 0 Å². The van der Waals surface area contributed by atoms with Gasteiger partial charge in [-0.3, -0.25) is 19.4 Å². The van der Waals surface area contributed by atoms with Crippen molar-refractivity contribution >= 4 is 29.7 Å². The topological polar surface area (TPSA) is 101 Å². The maximum atomic E-state index is 14.0. The highest BCUT2D eigenvalue weighted by atomic mass is 32.2. The third kappa shape index (κ3) is 6.44. The molecule has 0 aliphatic carbocycles. The molecular weight excluding hydrogens is 453 g/mol. The van der Waals surface area contributed by atoms with Crippen molar-refractivity contribution in [2.45, 2.75) is 51.4 Å². The molecule has 10 heteroatoms. The van der Waals surface area contributed by atoms with Crippen LogP contribution in [0.15, 0.2) is 36.7 Å². The number of ether oxygens (including phenoxy) is 4. The molecule has 176 valence electrons. The van der Waals surface area contributed by atoms with Gasteiger partial charge in [0.15, 0.2) is 23.7 Å². The number of rotatable bonds is 6. The minimum atomic E-state index is -1.05. The molecule has 1 saturated heterocycles.